The largest absolute Gasteiger partial charge is 0.496 e. The van der Waals surface area contributed by atoms with Crippen molar-refractivity contribution in [3.05, 3.63) is 28.2 Å². The number of likely N-dealkylation sites (tertiary alicyclic amines) is 1. The zero-order valence-electron chi connectivity index (χ0n) is 11.9. The van der Waals surface area contributed by atoms with Gasteiger partial charge in [0.1, 0.15) is 5.75 Å². The van der Waals surface area contributed by atoms with Crippen molar-refractivity contribution in [2.45, 2.75) is 32.2 Å². The standard InChI is InChI=1S/C15H22BrN3O/c1-20-14-7-6-12(10-13(14)16)11-18-15(17)19-8-4-2-3-5-9-19/h6-7,10H,2-5,8-9,11H2,1H3,(H2,17,18). The molecule has 0 atom stereocenters. The van der Waals surface area contributed by atoms with Gasteiger partial charge in [-0.1, -0.05) is 18.9 Å². The molecule has 1 fully saturated rings. The lowest BCUT2D eigenvalue weighted by molar-refractivity contribution is 0.412. The van der Waals surface area contributed by atoms with Gasteiger partial charge in [-0.05, 0) is 46.5 Å². The molecule has 0 saturated carbocycles. The molecule has 0 amide bonds. The maximum Gasteiger partial charge on any atom is 0.191 e. The van der Waals surface area contributed by atoms with Crippen LogP contribution in [0.25, 0.3) is 0 Å². The van der Waals surface area contributed by atoms with Crippen LogP contribution in [0.2, 0.25) is 0 Å². The molecule has 1 aromatic rings. The number of ether oxygens (including phenoxy) is 1. The monoisotopic (exact) mass is 339 g/mol. The minimum absolute atomic E-state index is 0.602. The molecule has 0 spiro atoms. The summed E-state index contributed by atoms with van der Waals surface area (Å²) in [5, 5.41) is 0. The summed E-state index contributed by atoms with van der Waals surface area (Å²) in [5.74, 6) is 1.50. The summed E-state index contributed by atoms with van der Waals surface area (Å²) in [6, 6.07) is 5.98. The lowest BCUT2D eigenvalue weighted by Gasteiger charge is -2.21. The highest BCUT2D eigenvalue weighted by molar-refractivity contribution is 9.10. The van der Waals surface area contributed by atoms with E-state index in [2.05, 4.69) is 25.8 Å². The van der Waals surface area contributed by atoms with E-state index in [1.807, 2.05) is 18.2 Å². The molecule has 20 heavy (non-hydrogen) atoms. The Hall–Kier alpha value is -1.23. The third kappa shape index (κ3) is 4.13. The van der Waals surface area contributed by atoms with Gasteiger partial charge in [0.05, 0.1) is 18.1 Å². The Morgan fingerprint density at radius 1 is 1.30 bits per heavy atom. The summed E-state index contributed by atoms with van der Waals surface area (Å²) in [6.45, 7) is 2.66. The number of methoxy groups -OCH3 is 1. The van der Waals surface area contributed by atoms with Crippen LogP contribution in [0.3, 0.4) is 0 Å². The van der Waals surface area contributed by atoms with E-state index in [1.165, 1.54) is 25.7 Å². The number of nitrogens with two attached hydrogens (primary N) is 1. The summed E-state index contributed by atoms with van der Waals surface area (Å²) in [6.07, 6.45) is 5.03. The van der Waals surface area contributed by atoms with Gasteiger partial charge in [0.2, 0.25) is 0 Å². The fraction of sp³-hybridized carbons (Fsp3) is 0.533. The molecular weight excluding hydrogens is 318 g/mol. The molecule has 2 N–H and O–H groups in total. The summed E-state index contributed by atoms with van der Waals surface area (Å²) >= 11 is 3.49. The summed E-state index contributed by atoms with van der Waals surface area (Å²) in [4.78, 5) is 6.72. The van der Waals surface area contributed by atoms with Gasteiger partial charge in [-0.3, -0.25) is 0 Å². The molecule has 0 aromatic heterocycles. The van der Waals surface area contributed by atoms with E-state index >= 15 is 0 Å². The molecule has 0 radical (unpaired) electrons. The number of hydrogen-bond donors (Lipinski definition) is 1. The molecule has 1 aromatic carbocycles. The minimum Gasteiger partial charge on any atom is -0.496 e. The van der Waals surface area contributed by atoms with Gasteiger partial charge in [-0.2, -0.15) is 0 Å². The van der Waals surface area contributed by atoms with Crippen molar-refractivity contribution >= 4 is 21.9 Å². The molecule has 0 unspecified atom stereocenters. The van der Waals surface area contributed by atoms with Crippen molar-refractivity contribution in [2.75, 3.05) is 20.2 Å². The van der Waals surface area contributed by atoms with E-state index in [0.717, 1.165) is 28.9 Å². The Labute approximate surface area is 129 Å². The van der Waals surface area contributed by atoms with Gasteiger partial charge in [-0.15, -0.1) is 0 Å². The summed E-state index contributed by atoms with van der Waals surface area (Å²) < 4.78 is 6.16. The summed E-state index contributed by atoms with van der Waals surface area (Å²) in [7, 11) is 1.66. The SMILES string of the molecule is COc1ccc(CN=C(N)N2CCCCCC2)cc1Br. The van der Waals surface area contributed by atoms with Crippen molar-refractivity contribution in [1.29, 1.82) is 0 Å². The van der Waals surface area contributed by atoms with Crippen LogP contribution in [0, 0.1) is 0 Å². The van der Waals surface area contributed by atoms with Crippen molar-refractivity contribution in [3.63, 3.8) is 0 Å². The maximum atomic E-state index is 6.10. The van der Waals surface area contributed by atoms with E-state index in [1.54, 1.807) is 7.11 Å². The molecule has 1 heterocycles. The van der Waals surface area contributed by atoms with Crippen molar-refractivity contribution in [3.8, 4) is 5.75 Å². The quantitative estimate of drug-likeness (QED) is 0.679. The van der Waals surface area contributed by atoms with Crippen LogP contribution >= 0.6 is 15.9 Å². The third-order valence-electron chi connectivity index (χ3n) is 3.57. The van der Waals surface area contributed by atoms with Crippen molar-refractivity contribution in [1.82, 2.24) is 4.90 Å². The second kappa shape index (κ2) is 7.53. The van der Waals surface area contributed by atoms with Crippen LogP contribution in [0.5, 0.6) is 5.75 Å². The zero-order valence-corrected chi connectivity index (χ0v) is 13.5. The fourth-order valence-corrected chi connectivity index (χ4v) is 2.97. The van der Waals surface area contributed by atoms with E-state index in [-0.39, 0.29) is 0 Å². The van der Waals surface area contributed by atoms with Gasteiger partial charge in [0, 0.05) is 13.1 Å². The Kier molecular flexibility index (Phi) is 5.71. The Bertz CT molecular complexity index is 468. The first-order valence-corrected chi connectivity index (χ1v) is 7.87. The van der Waals surface area contributed by atoms with Crippen LogP contribution in [-0.2, 0) is 6.54 Å². The van der Waals surface area contributed by atoms with Gasteiger partial charge in [0.15, 0.2) is 5.96 Å². The Morgan fingerprint density at radius 3 is 2.60 bits per heavy atom. The number of nitrogens with zero attached hydrogens (tertiary/aromatic N) is 2. The first-order chi connectivity index (χ1) is 9.70. The lowest BCUT2D eigenvalue weighted by atomic mass is 10.2. The number of benzene rings is 1. The van der Waals surface area contributed by atoms with Crippen LogP contribution < -0.4 is 10.5 Å². The predicted molar refractivity (Wildman–Crippen MR) is 86.1 cm³/mol. The number of hydrogen-bond acceptors (Lipinski definition) is 2. The molecule has 2 rings (SSSR count). The molecule has 5 heteroatoms. The number of halogens is 1. The van der Waals surface area contributed by atoms with Crippen molar-refractivity contribution in [2.24, 2.45) is 10.7 Å². The summed E-state index contributed by atoms with van der Waals surface area (Å²) in [5.41, 5.74) is 7.22. The first kappa shape index (κ1) is 15.2. The molecular formula is C15H22BrN3O. The van der Waals surface area contributed by atoms with Crippen molar-refractivity contribution < 1.29 is 4.74 Å². The van der Waals surface area contributed by atoms with Crippen LogP contribution in [0.4, 0.5) is 0 Å². The zero-order chi connectivity index (χ0) is 14.4. The minimum atomic E-state index is 0.602. The van der Waals surface area contributed by atoms with Gasteiger partial charge >= 0.3 is 0 Å². The van der Waals surface area contributed by atoms with Gasteiger partial charge in [-0.25, -0.2) is 4.99 Å². The Balaban J connectivity index is 1.98. The normalized spacial score (nSPS) is 16.9. The average molecular weight is 340 g/mol. The smallest absolute Gasteiger partial charge is 0.191 e. The van der Waals surface area contributed by atoms with Crippen LogP contribution in [-0.4, -0.2) is 31.1 Å². The second-order valence-corrected chi connectivity index (χ2v) is 5.90. The van der Waals surface area contributed by atoms with Gasteiger partial charge < -0.3 is 15.4 Å². The molecule has 1 saturated heterocycles. The highest BCUT2D eigenvalue weighted by Crippen LogP contribution is 2.25. The third-order valence-corrected chi connectivity index (χ3v) is 4.19. The lowest BCUT2D eigenvalue weighted by Crippen LogP contribution is -2.38. The molecule has 4 nitrogen and oxygen atoms in total. The van der Waals surface area contributed by atoms with Crippen LogP contribution in [0.15, 0.2) is 27.7 Å². The topological polar surface area (TPSA) is 50.9 Å². The molecule has 0 bridgehead atoms. The number of aliphatic imine (C=N–C) groups is 1. The maximum absolute atomic E-state index is 6.10. The predicted octanol–water partition coefficient (Wildman–Crippen LogP) is 3.15. The van der Waals surface area contributed by atoms with E-state index in [9.17, 15) is 0 Å². The molecule has 0 aliphatic carbocycles. The van der Waals surface area contributed by atoms with E-state index in [4.69, 9.17) is 10.5 Å². The second-order valence-electron chi connectivity index (χ2n) is 5.04. The average Bonchev–Trinajstić information content (AvgIpc) is 2.74. The molecule has 110 valence electrons. The molecule has 1 aliphatic heterocycles. The van der Waals surface area contributed by atoms with Gasteiger partial charge in [0.25, 0.3) is 0 Å². The highest BCUT2D eigenvalue weighted by Gasteiger charge is 2.10. The van der Waals surface area contributed by atoms with Crippen LogP contribution in [0.1, 0.15) is 31.2 Å². The fourth-order valence-electron chi connectivity index (χ4n) is 2.38. The van der Waals surface area contributed by atoms with E-state index < -0.39 is 0 Å². The van der Waals surface area contributed by atoms with E-state index in [0.29, 0.717) is 12.5 Å². The molecule has 1 aliphatic rings. The highest BCUT2D eigenvalue weighted by atomic mass is 79.9. The number of rotatable bonds is 3. The Morgan fingerprint density at radius 2 is 2.00 bits per heavy atom. The number of guanidine groups is 1. The first-order valence-electron chi connectivity index (χ1n) is 7.08.